The molecule has 0 bridgehead atoms. The van der Waals surface area contributed by atoms with E-state index in [-0.39, 0.29) is 12.4 Å². The lowest BCUT2D eigenvalue weighted by Gasteiger charge is -2.38. The Balaban J connectivity index is 0.00000200. The van der Waals surface area contributed by atoms with Gasteiger partial charge in [-0.25, -0.2) is 0 Å². The van der Waals surface area contributed by atoms with Crippen LogP contribution in [0.25, 0.3) is 0 Å². The molecule has 0 radical (unpaired) electrons. The van der Waals surface area contributed by atoms with Gasteiger partial charge in [-0.3, -0.25) is 4.90 Å². The van der Waals surface area contributed by atoms with Crippen molar-refractivity contribution in [2.24, 2.45) is 11.7 Å². The van der Waals surface area contributed by atoms with Crippen LogP contribution in [0.1, 0.15) is 30.9 Å². The van der Waals surface area contributed by atoms with Gasteiger partial charge in [0.1, 0.15) is 0 Å². The smallest absolute Gasteiger partial charge is 0.0713 e. The second-order valence-electron chi connectivity index (χ2n) is 5.74. The fraction of sp³-hybridized carbons (Fsp3) is 0.625. The number of methoxy groups -OCH3 is 1. The summed E-state index contributed by atoms with van der Waals surface area (Å²) in [4.78, 5) is 2.53. The van der Waals surface area contributed by atoms with E-state index in [0.29, 0.717) is 12.6 Å². The maximum absolute atomic E-state index is 5.93. The summed E-state index contributed by atoms with van der Waals surface area (Å²) in [5, 5.41) is 0. The lowest BCUT2D eigenvalue weighted by atomic mass is 9.92. The molecule has 1 fully saturated rings. The van der Waals surface area contributed by atoms with E-state index in [1.165, 1.54) is 24.0 Å². The third-order valence-corrected chi connectivity index (χ3v) is 4.06. The molecule has 0 aliphatic carbocycles. The number of hydrogen-bond donors (Lipinski definition) is 1. The van der Waals surface area contributed by atoms with Gasteiger partial charge in [-0.05, 0) is 36.4 Å². The van der Waals surface area contributed by atoms with E-state index in [4.69, 9.17) is 10.5 Å². The molecule has 1 saturated heterocycles. The number of halogens is 1. The third kappa shape index (κ3) is 4.74. The normalized spacial score (nSPS) is 23.4. The van der Waals surface area contributed by atoms with Crippen LogP contribution < -0.4 is 5.73 Å². The van der Waals surface area contributed by atoms with Crippen LogP contribution >= 0.6 is 12.4 Å². The molecular formula is C16H27ClN2O. The molecule has 0 saturated carbocycles. The summed E-state index contributed by atoms with van der Waals surface area (Å²) in [7, 11) is 1.74. The van der Waals surface area contributed by atoms with Gasteiger partial charge < -0.3 is 10.5 Å². The number of benzene rings is 1. The third-order valence-electron chi connectivity index (χ3n) is 4.06. The number of piperidine rings is 1. The van der Waals surface area contributed by atoms with Crippen LogP contribution in [0.5, 0.6) is 0 Å². The summed E-state index contributed by atoms with van der Waals surface area (Å²) in [6.07, 6.45) is 2.52. The molecule has 4 heteroatoms. The Kier molecular flexibility index (Phi) is 7.52. The Morgan fingerprint density at radius 2 is 2.10 bits per heavy atom. The molecule has 2 rings (SSSR count). The fourth-order valence-electron chi connectivity index (χ4n) is 2.97. The molecule has 1 aromatic rings. The van der Waals surface area contributed by atoms with E-state index >= 15 is 0 Å². The molecule has 20 heavy (non-hydrogen) atoms. The molecule has 3 nitrogen and oxygen atoms in total. The highest BCUT2D eigenvalue weighted by Gasteiger charge is 2.25. The molecule has 1 heterocycles. The lowest BCUT2D eigenvalue weighted by Crippen LogP contribution is -2.45. The quantitative estimate of drug-likeness (QED) is 0.908. The van der Waals surface area contributed by atoms with Crippen LogP contribution in [0.2, 0.25) is 0 Å². The monoisotopic (exact) mass is 298 g/mol. The highest BCUT2D eigenvalue weighted by molar-refractivity contribution is 5.85. The number of likely N-dealkylation sites (tertiary alicyclic amines) is 1. The number of nitrogens with two attached hydrogens (primary N) is 1. The van der Waals surface area contributed by atoms with Gasteiger partial charge in [-0.1, -0.05) is 31.2 Å². The summed E-state index contributed by atoms with van der Waals surface area (Å²) < 4.78 is 5.20. The predicted octanol–water partition coefficient (Wildman–Crippen LogP) is 2.81. The molecule has 1 aliphatic rings. The summed E-state index contributed by atoms with van der Waals surface area (Å²) in [5.41, 5.74) is 8.53. The highest BCUT2D eigenvalue weighted by atomic mass is 35.5. The maximum atomic E-state index is 5.93. The minimum absolute atomic E-state index is 0. The molecule has 1 aromatic carbocycles. The Bertz CT molecular complexity index is 400. The van der Waals surface area contributed by atoms with E-state index in [0.717, 1.165) is 25.6 Å². The van der Waals surface area contributed by atoms with Gasteiger partial charge >= 0.3 is 0 Å². The van der Waals surface area contributed by atoms with Gasteiger partial charge in [0.2, 0.25) is 0 Å². The first-order chi connectivity index (χ1) is 9.22. The zero-order chi connectivity index (χ0) is 13.7. The summed E-state index contributed by atoms with van der Waals surface area (Å²) in [5.74, 6) is 0.810. The number of rotatable bonds is 5. The van der Waals surface area contributed by atoms with Crippen molar-refractivity contribution in [3.63, 3.8) is 0 Å². The molecule has 0 spiro atoms. The van der Waals surface area contributed by atoms with Crippen LogP contribution in [0, 0.1) is 5.92 Å². The Hall–Kier alpha value is -0.610. The molecular weight excluding hydrogens is 272 g/mol. The molecule has 114 valence electrons. The van der Waals surface area contributed by atoms with Gasteiger partial charge in [0.05, 0.1) is 6.61 Å². The van der Waals surface area contributed by atoms with E-state index in [9.17, 15) is 0 Å². The van der Waals surface area contributed by atoms with E-state index in [2.05, 4.69) is 36.1 Å². The van der Waals surface area contributed by atoms with E-state index in [1.54, 1.807) is 7.11 Å². The first-order valence-electron chi connectivity index (χ1n) is 7.23. The summed E-state index contributed by atoms with van der Waals surface area (Å²) in [6, 6.07) is 9.22. The molecule has 0 aromatic heterocycles. The van der Waals surface area contributed by atoms with Crippen LogP contribution in [0.3, 0.4) is 0 Å². The molecule has 2 atom stereocenters. The molecule has 0 amide bonds. The van der Waals surface area contributed by atoms with Gasteiger partial charge in [0, 0.05) is 26.2 Å². The van der Waals surface area contributed by atoms with Crippen molar-refractivity contribution in [2.75, 3.05) is 20.2 Å². The average Bonchev–Trinajstić information content (AvgIpc) is 2.41. The minimum atomic E-state index is 0. The van der Waals surface area contributed by atoms with Crippen LogP contribution in [0.15, 0.2) is 24.3 Å². The SMILES string of the molecule is COCc1cccc(CN2CCC(C)CC2CN)c1.Cl. The summed E-state index contributed by atoms with van der Waals surface area (Å²) >= 11 is 0. The topological polar surface area (TPSA) is 38.5 Å². The van der Waals surface area contributed by atoms with Crippen molar-refractivity contribution >= 4 is 12.4 Å². The van der Waals surface area contributed by atoms with Gasteiger partial charge in [-0.15, -0.1) is 12.4 Å². The first kappa shape index (κ1) is 17.4. The fourth-order valence-corrected chi connectivity index (χ4v) is 2.97. The largest absolute Gasteiger partial charge is 0.380 e. The van der Waals surface area contributed by atoms with E-state index in [1.807, 2.05) is 0 Å². The van der Waals surface area contributed by atoms with Crippen molar-refractivity contribution in [2.45, 2.75) is 39.0 Å². The Morgan fingerprint density at radius 1 is 1.35 bits per heavy atom. The van der Waals surface area contributed by atoms with Crippen LogP contribution in [-0.4, -0.2) is 31.1 Å². The van der Waals surface area contributed by atoms with Crippen molar-refractivity contribution in [1.82, 2.24) is 4.90 Å². The Labute approximate surface area is 128 Å². The van der Waals surface area contributed by atoms with Gasteiger partial charge in [0.25, 0.3) is 0 Å². The maximum Gasteiger partial charge on any atom is 0.0713 e. The number of hydrogen-bond acceptors (Lipinski definition) is 3. The second kappa shape index (κ2) is 8.63. The summed E-state index contributed by atoms with van der Waals surface area (Å²) in [6.45, 7) is 5.95. The zero-order valence-corrected chi connectivity index (χ0v) is 13.4. The molecule has 1 aliphatic heterocycles. The van der Waals surface area contributed by atoms with Crippen LogP contribution in [-0.2, 0) is 17.9 Å². The van der Waals surface area contributed by atoms with Crippen molar-refractivity contribution < 1.29 is 4.74 Å². The Morgan fingerprint density at radius 3 is 2.80 bits per heavy atom. The minimum Gasteiger partial charge on any atom is -0.380 e. The van der Waals surface area contributed by atoms with Crippen molar-refractivity contribution in [3.8, 4) is 0 Å². The average molecular weight is 299 g/mol. The second-order valence-corrected chi connectivity index (χ2v) is 5.74. The van der Waals surface area contributed by atoms with Crippen LogP contribution in [0.4, 0.5) is 0 Å². The first-order valence-corrected chi connectivity index (χ1v) is 7.23. The molecule has 2 N–H and O–H groups in total. The number of ether oxygens (including phenoxy) is 1. The van der Waals surface area contributed by atoms with E-state index < -0.39 is 0 Å². The lowest BCUT2D eigenvalue weighted by molar-refractivity contribution is 0.115. The number of nitrogens with zero attached hydrogens (tertiary/aromatic N) is 1. The predicted molar refractivity (Wildman–Crippen MR) is 86.1 cm³/mol. The molecule has 2 unspecified atom stereocenters. The zero-order valence-electron chi connectivity index (χ0n) is 12.5. The van der Waals surface area contributed by atoms with Crippen molar-refractivity contribution in [3.05, 3.63) is 35.4 Å². The van der Waals surface area contributed by atoms with Gasteiger partial charge in [-0.2, -0.15) is 0 Å². The highest BCUT2D eigenvalue weighted by Crippen LogP contribution is 2.23. The van der Waals surface area contributed by atoms with Gasteiger partial charge in [0.15, 0.2) is 0 Å². The standard InChI is InChI=1S/C16H26N2O.ClH/c1-13-6-7-18(16(8-13)10-17)11-14-4-3-5-15(9-14)12-19-2;/h3-5,9,13,16H,6-8,10-12,17H2,1-2H3;1H. The van der Waals surface area contributed by atoms with Crippen molar-refractivity contribution in [1.29, 1.82) is 0 Å².